The molecule has 1 N–H and O–H groups in total. The van der Waals surface area contributed by atoms with Crippen LogP contribution in [0.1, 0.15) is 27.2 Å². The van der Waals surface area contributed by atoms with Crippen LogP contribution in [0.3, 0.4) is 0 Å². The standard InChI is InChI=1S/C15H25NO2/c1-15(2,3)8-9-16-10-11-18-14-7-5-6-13(12-14)17-4/h5-7,12,16H,8-11H2,1-4H3. The molecule has 0 radical (unpaired) electrons. The van der Waals surface area contributed by atoms with Crippen LogP contribution in [0.4, 0.5) is 0 Å². The highest BCUT2D eigenvalue weighted by molar-refractivity contribution is 5.32. The highest BCUT2D eigenvalue weighted by atomic mass is 16.5. The second kappa shape index (κ2) is 7.27. The zero-order chi connectivity index (χ0) is 13.4. The minimum absolute atomic E-state index is 0.390. The molecule has 0 bridgehead atoms. The molecule has 0 aliphatic rings. The van der Waals surface area contributed by atoms with Crippen LogP contribution in [0.5, 0.6) is 11.5 Å². The number of benzene rings is 1. The van der Waals surface area contributed by atoms with Crippen LogP contribution in [0.2, 0.25) is 0 Å². The van der Waals surface area contributed by atoms with Gasteiger partial charge in [-0.1, -0.05) is 26.8 Å². The zero-order valence-corrected chi connectivity index (χ0v) is 12.0. The second-order valence-electron chi connectivity index (χ2n) is 5.59. The molecule has 0 aliphatic heterocycles. The van der Waals surface area contributed by atoms with Gasteiger partial charge in [0.05, 0.1) is 7.11 Å². The number of methoxy groups -OCH3 is 1. The number of hydrogen-bond donors (Lipinski definition) is 1. The van der Waals surface area contributed by atoms with Crippen LogP contribution in [0.15, 0.2) is 24.3 Å². The molecule has 18 heavy (non-hydrogen) atoms. The van der Waals surface area contributed by atoms with Crippen LogP contribution >= 0.6 is 0 Å². The summed E-state index contributed by atoms with van der Waals surface area (Å²) < 4.78 is 10.8. The maximum absolute atomic E-state index is 5.64. The van der Waals surface area contributed by atoms with E-state index in [-0.39, 0.29) is 0 Å². The van der Waals surface area contributed by atoms with Crippen LogP contribution in [0, 0.1) is 5.41 Å². The van der Waals surface area contributed by atoms with Gasteiger partial charge in [0.15, 0.2) is 0 Å². The van der Waals surface area contributed by atoms with Crippen molar-refractivity contribution in [3.05, 3.63) is 24.3 Å². The fraction of sp³-hybridized carbons (Fsp3) is 0.600. The minimum Gasteiger partial charge on any atom is -0.497 e. The van der Waals surface area contributed by atoms with Gasteiger partial charge in [0, 0.05) is 12.6 Å². The first-order chi connectivity index (χ1) is 8.51. The summed E-state index contributed by atoms with van der Waals surface area (Å²) in [5.74, 6) is 1.68. The molecule has 0 unspecified atom stereocenters. The summed E-state index contributed by atoms with van der Waals surface area (Å²) in [6.07, 6.45) is 1.17. The highest BCUT2D eigenvalue weighted by Crippen LogP contribution is 2.18. The lowest BCUT2D eigenvalue weighted by Crippen LogP contribution is -2.25. The Balaban J connectivity index is 2.14. The first-order valence-electron chi connectivity index (χ1n) is 6.49. The van der Waals surface area contributed by atoms with Crippen molar-refractivity contribution >= 4 is 0 Å². The van der Waals surface area contributed by atoms with Crippen molar-refractivity contribution in [3.8, 4) is 11.5 Å². The Labute approximate surface area is 110 Å². The summed E-state index contributed by atoms with van der Waals surface area (Å²) in [7, 11) is 1.66. The number of hydrogen-bond acceptors (Lipinski definition) is 3. The maximum atomic E-state index is 5.64. The summed E-state index contributed by atoms with van der Waals surface area (Å²) in [6, 6.07) is 7.68. The topological polar surface area (TPSA) is 30.5 Å². The molecule has 0 saturated carbocycles. The molecule has 1 aromatic rings. The molecule has 0 saturated heterocycles. The van der Waals surface area contributed by atoms with E-state index in [0.717, 1.165) is 24.6 Å². The molecule has 1 aromatic carbocycles. The normalized spacial score (nSPS) is 11.3. The van der Waals surface area contributed by atoms with Crippen LogP contribution in [-0.4, -0.2) is 26.8 Å². The van der Waals surface area contributed by atoms with Crippen LogP contribution in [-0.2, 0) is 0 Å². The largest absolute Gasteiger partial charge is 0.497 e. The molecule has 0 atom stereocenters. The van der Waals surface area contributed by atoms with E-state index in [1.54, 1.807) is 7.11 Å². The van der Waals surface area contributed by atoms with Crippen molar-refractivity contribution in [2.45, 2.75) is 27.2 Å². The Morgan fingerprint density at radius 3 is 2.50 bits per heavy atom. The summed E-state index contributed by atoms with van der Waals surface area (Å²) in [5, 5.41) is 3.38. The molecule has 0 aromatic heterocycles. The van der Waals surface area contributed by atoms with Crippen LogP contribution in [0.25, 0.3) is 0 Å². The van der Waals surface area contributed by atoms with E-state index in [4.69, 9.17) is 9.47 Å². The lowest BCUT2D eigenvalue weighted by molar-refractivity contribution is 0.302. The molecule has 102 valence electrons. The van der Waals surface area contributed by atoms with Gasteiger partial charge in [-0.25, -0.2) is 0 Å². The van der Waals surface area contributed by atoms with Crippen molar-refractivity contribution in [2.75, 3.05) is 26.8 Å². The van der Waals surface area contributed by atoms with Gasteiger partial charge in [0.25, 0.3) is 0 Å². The van der Waals surface area contributed by atoms with Crippen molar-refractivity contribution in [1.29, 1.82) is 0 Å². The zero-order valence-electron chi connectivity index (χ0n) is 12.0. The van der Waals surface area contributed by atoms with E-state index in [1.807, 2.05) is 24.3 Å². The number of ether oxygens (including phenoxy) is 2. The Kier molecular flexibility index (Phi) is 5.99. The predicted octanol–water partition coefficient (Wildman–Crippen LogP) is 3.10. The molecule has 3 nitrogen and oxygen atoms in total. The van der Waals surface area contributed by atoms with E-state index in [1.165, 1.54) is 6.42 Å². The molecule has 1 rings (SSSR count). The lowest BCUT2D eigenvalue weighted by atomic mass is 9.92. The van der Waals surface area contributed by atoms with Crippen molar-refractivity contribution < 1.29 is 9.47 Å². The number of rotatable bonds is 7. The monoisotopic (exact) mass is 251 g/mol. The second-order valence-corrected chi connectivity index (χ2v) is 5.59. The molecule has 0 heterocycles. The van der Waals surface area contributed by atoms with Gasteiger partial charge in [-0.2, -0.15) is 0 Å². The average Bonchev–Trinajstić information content (AvgIpc) is 2.32. The Morgan fingerprint density at radius 1 is 1.11 bits per heavy atom. The Bertz CT molecular complexity index is 345. The van der Waals surface area contributed by atoms with Gasteiger partial charge in [-0.3, -0.25) is 0 Å². The molecule has 3 heteroatoms. The third-order valence-electron chi connectivity index (χ3n) is 2.64. The van der Waals surface area contributed by atoms with Gasteiger partial charge < -0.3 is 14.8 Å². The summed E-state index contributed by atoms with van der Waals surface area (Å²) in [5.41, 5.74) is 0.390. The molecule has 0 amide bonds. The molecular formula is C15H25NO2. The van der Waals surface area contributed by atoms with Gasteiger partial charge in [0.2, 0.25) is 0 Å². The van der Waals surface area contributed by atoms with E-state index >= 15 is 0 Å². The summed E-state index contributed by atoms with van der Waals surface area (Å²) in [6.45, 7) is 9.33. The predicted molar refractivity (Wildman–Crippen MR) is 75.4 cm³/mol. The fourth-order valence-electron chi connectivity index (χ4n) is 1.52. The van der Waals surface area contributed by atoms with Crippen LogP contribution < -0.4 is 14.8 Å². The highest BCUT2D eigenvalue weighted by Gasteiger charge is 2.08. The lowest BCUT2D eigenvalue weighted by Gasteiger charge is -2.18. The van der Waals surface area contributed by atoms with Gasteiger partial charge in [-0.15, -0.1) is 0 Å². The van der Waals surface area contributed by atoms with E-state index in [9.17, 15) is 0 Å². The van der Waals surface area contributed by atoms with Gasteiger partial charge >= 0.3 is 0 Å². The summed E-state index contributed by atoms with van der Waals surface area (Å²) >= 11 is 0. The van der Waals surface area contributed by atoms with Gasteiger partial charge in [-0.05, 0) is 30.5 Å². The van der Waals surface area contributed by atoms with E-state index < -0.39 is 0 Å². The van der Waals surface area contributed by atoms with Crippen molar-refractivity contribution in [3.63, 3.8) is 0 Å². The third-order valence-corrected chi connectivity index (χ3v) is 2.64. The molecular weight excluding hydrogens is 226 g/mol. The Hall–Kier alpha value is -1.22. The van der Waals surface area contributed by atoms with Crippen molar-refractivity contribution in [1.82, 2.24) is 5.32 Å². The van der Waals surface area contributed by atoms with Crippen molar-refractivity contribution in [2.24, 2.45) is 5.41 Å². The SMILES string of the molecule is COc1cccc(OCCNCCC(C)(C)C)c1. The summed E-state index contributed by atoms with van der Waals surface area (Å²) in [4.78, 5) is 0. The number of nitrogens with one attached hydrogen (secondary N) is 1. The Morgan fingerprint density at radius 2 is 1.83 bits per heavy atom. The van der Waals surface area contributed by atoms with E-state index in [0.29, 0.717) is 12.0 Å². The van der Waals surface area contributed by atoms with E-state index in [2.05, 4.69) is 26.1 Å². The fourth-order valence-corrected chi connectivity index (χ4v) is 1.52. The molecule has 0 spiro atoms. The first-order valence-corrected chi connectivity index (χ1v) is 6.49. The quantitative estimate of drug-likeness (QED) is 0.755. The van der Waals surface area contributed by atoms with Gasteiger partial charge in [0.1, 0.15) is 18.1 Å². The molecule has 0 aliphatic carbocycles. The minimum atomic E-state index is 0.390. The average molecular weight is 251 g/mol. The maximum Gasteiger partial charge on any atom is 0.123 e. The first kappa shape index (κ1) is 14.8. The third kappa shape index (κ3) is 6.50. The molecule has 0 fully saturated rings. The smallest absolute Gasteiger partial charge is 0.123 e.